The zero-order valence-corrected chi connectivity index (χ0v) is 12.8. The fraction of sp³-hybridized carbons (Fsp3) is 0. The molecule has 2 aliphatic rings. The molecule has 7 heteroatoms. The summed E-state index contributed by atoms with van der Waals surface area (Å²) in [7, 11) is 0. The molecule has 0 radical (unpaired) electrons. The largest absolute Gasteiger partial charge is 0.286 e. The first-order chi connectivity index (χ1) is 8.99. The third kappa shape index (κ3) is 2.10. The highest BCUT2D eigenvalue weighted by molar-refractivity contribution is 7.22. The Labute approximate surface area is 131 Å². The van der Waals surface area contributed by atoms with Gasteiger partial charge in [0.2, 0.25) is 5.43 Å². The highest BCUT2D eigenvalue weighted by atomic mass is 35.5. The fourth-order valence-electron chi connectivity index (χ4n) is 1.69. The minimum absolute atomic E-state index is 0.0313. The van der Waals surface area contributed by atoms with Crippen LogP contribution in [-0.2, 0) is 0 Å². The van der Waals surface area contributed by atoms with Crippen molar-refractivity contribution in [2.45, 2.75) is 0 Å². The van der Waals surface area contributed by atoms with Gasteiger partial charge in [0.25, 0.3) is 0 Å². The molecule has 0 atom stereocenters. The van der Waals surface area contributed by atoms with E-state index in [1.54, 1.807) is 18.2 Å². The molecule has 0 fully saturated rings. The molecule has 0 saturated heterocycles. The minimum Gasteiger partial charge on any atom is -0.286 e. The second-order valence-corrected chi connectivity index (χ2v) is 6.40. The van der Waals surface area contributed by atoms with Crippen LogP contribution in [0.2, 0.25) is 20.1 Å². The lowest BCUT2D eigenvalue weighted by molar-refractivity contribution is 1.41. The molecule has 0 amide bonds. The van der Waals surface area contributed by atoms with Crippen LogP contribution in [0.25, 0.3) is 20.8 Å². The molecule has 0 unspecified atom stereocenters. The number of halogens is 4. The zero-order chi connectivity index (χ0) is 13.7. The Bertz CT molecular complexity index is 845. The Hall–Kier alpha value is -0.580. The summed E-state index contributed by atoms with van der Waals surface area (Å²) in [5.74, 6) is 0. The number of rotatable bonds is 0. The van der Waals surface area contributed by atoms with Crippen molar-refractivity contribution in [3.8, 4) is 10.6 Å². The number of hydrogen-bond donors (Lipinski definition) is 0. The first kappa shape index (κ1) is 13.4. The minimum atomic E-state index is -0.486. The Morgan fingerprint density at radius 3 is 2.47 bits per heavy atom. The molecule has 1 heterocycles. The number of aromatic nitrogens is 1. The summed E-state index contributed by atoms with van der Waals surface area (Å²) < 4.78 is 0.819. The lowest BCUT2D eigenvalue weighted by Gasteiger charge is -2.10. The van der Waals surface area contributed by atoms with E-state index in [1.807, 2.05) is 0 Å². The molecule has 0 bridgehead atoms. The van der Waals surface area contributed by atoms with Gasteiger partial charge in [0.15, 0.2) is 0 Å². The van der Waals surface area contributed by atoms with E-state index in [9.17, 15) is 4.79 Å². The summed E-state index contributed by atoms with van der Waals surface area (Å²) in [6.07, 6.45) is 0. The van der Waals surface area contributed by atoms with Gasteiger partial charge in [0.1, 0.15) is 15.7 Å². The molecular weight excluding hydrogens is 348 g/mol. The van der Waals surface area contributed by atoms with Gasteiger partial charge in [-0.1, -0.05) is 46.4 Å². The molecular formula is C12H3Cl4NOS. The van der Waals surface area contributed by atoms with E-state index in [1.165, 1.54) is 11.3 Å². The maximum Gasteiger partial charge on any atom is 0.218 e. The summed E-state index contributed by atoms with van der Waals surface area (Å²) in [5, 5.41) is 0.638. The summed E-state index contributed by atoms with van der Waals surface area (Å²) >= 11 is 25.2. The summed E-state index contributed by atoms with van der Waals surface area (Å²) in [4.78, 5) is 16.7. The highest BCUT2D eigenvalue weighted by Gasteiger charge is 2.22. The van der Waals surface area contributed by atoms with Gasteiger partial charge in [0, 0.05) is 5.02 Å². The van der Waals surface area contributed by atoms with E-state index in [-0.39, 0.29) is 15.1 Å². The van der Waals surface area contributed by atoms with Gasteiger partial charge in [-0.2, -0.15) is 0 Å². The third-order valence-electron chi connectivity index (χ3n) is 2.58. The molecule has 0 N–H and O–H groups in total. The SMILES string of the molecule is O=c1c(Cl)c2sc3cc(Cl)ccc3nc-2c(Cl)c1Cl. The molecule has 1 aliphatic heterocycles. The fourth-order valence-corrected chi connectivity index (χ4v) is 3.79. The maximum absolute atomic E-state index is 11.8. The van der Waals surface area contributed by atoms with Crippen LogP contribution < -0.4 is 5.43 Å². The van der Waals surface area contributed by atoms with Crippen LogP contribution in [0.3, 0.4) is 0 Å². The highest BCUT2D eigenvalue weighted by Crippen LogP contribution is 2.41. The number of nitrogens with zero attached hydrogens (tertiary/aromatic N) is 1. The quantitative estimate of drug-likeness (QED) is 0.402. The van der Waals surface area contributed by atoms with E-state index in [2.05, 4.69) is 4.98 Å². The van der Waals surface area contributed by atoms with Crippen molar-refractivity contribution < 1.29 is 0 Å². The normalized spacial score (nSPS) is 11.4. The van der Waals surface area contributed by atoms with E-state index >= 15 is 0 Å². The van der Waals surface area contributed by atoms with Crippen LogP contribution in [0.4, 0.5) is 0 Å². The van der Waals surface area contributed by atoms with Crippen molar-refractivity contribution in [1.29, 1.82) is 0 Å². The Balaban J connectivity index is 2.55. The van der Waals surface area contributed by atoms with Gasteiger partial charge in [0.05, 0.1) is 20.1 Å². The van der Waals surface area contributed by atoms with Crippen molar-refractivity contribution in [2.24, 2.45) is 0 Å². The molecule has 3 rings (SSSR count). The van der Waals surface area contributed by atoms with E-state index < -0.39 is 5.43 Å². The third-order valence-corrected chi connectivity index (χ3v) is 5.26. The van der Waals surface area contributed by atoms with Crippen LogP contribution in [0.1, 0.15) is 0 Å². The second-order valence-electron chi connectivity index (χ2n) is 3.77. The van der Waals surface area contributed by atoms with Crippen LogP contribution in [0, 0.1) is 0 Å². The van der Waals surface area contributed by atoms with Gasteiger partial charge in [-0.25, -0.2) is 4.98 Å². The molecule has 1 aromatic rings. The zero-order valence-electron chi connectivity index (χ0n) is 9.01. The number of fused-ring (bicyclic) bond motifs is 2. The Kier molecular flexibility index (Phi) is 3.36. The topological polar surface area (TPSA) is 30.0 Å². The molecule has 1 aromatic carbocycles. The molecule has 0 aromatic heterocycles. The average molecular weight is 351 g/mol. The molecule has 1 aliphatic carbocycles. The van der Waals surface area contributed by atoms with Gasteiger partial charge in [-0.15, -0.1) is 11.3 Å². The standard InChI is InChI=1S/C12H3Cl4NOS/c13-4-1-2-5-6(3-4)19-12-9(16)11(18)8(15)7(14)10(12)17-5/h1-3H. The Morgan fingerprint density at radius 2 is 1.74 bits per heavy atom. The van der Waals surface area contributed by atoms with Crippen molar-refractivity contribution in [1.82, 2.24) is 4.98 Å². The molecule has 0 spiro atoms. The van der Waals surface area contributed by atoms with Crippen molar-refractivity contribution >= 4 is 68.0 Å². The smallest absolute Gasteiger partial charge is 0.218 e. The van der Waals surface area contributed by atoms with Gasteiger partial charge >= 0.3 is 0 Å². The van der Waals surface area contributed by atoms with Crippen molar-refractivity contribution in [3.63, 3.8) is 0 Å². The lowest BCUT2D eigenvalue weighted by Crippen LogP contribution is -2.06. The predicted molar refractivity (Wildman–Crippen MR) is 82.6 cm³/mol. The maximum atomic E-state index is 11.8. The van der Waals surface area contributed by atoms with Crippen LogP contribution in [0.15, 0.2) is 23.0 Å². The monoisotopic (exact) mass is 349 g/mol. The summed E-state index contributed by atoms with van der Waals surface area (Å²) in [6, 6.07) is 5.27. The average Bonchev–Trinajstić information content (AvgIpc) is 2.41. The second kappa shape index (κ2) is 4.76. The molecule has 2 nitrogen and oxygen atoms in total. The Morgan fingerprint density at radius 1 is 1.00 bits per heavy atom. The molecule has 0 saturated carbocycles. The van der Waals surface area contributed by atoms with Gasteiger partial charge < -0.3 is 0 Å². The first-order valence-corrected chi connectivity index (χ1v) is 7.38. The number of benzene rings is 2. The number of hydrogen-bond acceptors (Lipinski definition) is 3. The molecule has 19 heavy (non-hydrogen) atoms. The van der Waals surface area contributed by atoms with Crippen molar-refractivity contribution in [3.05, 3.63) is 48.5 Å². The van der Waals surface area contributed by atoms with Crippen LogP contribution in [0.5, 0.6) is 0 Å². The van der Waals surface area contributed by atoms with Gasteiger partial charge in [-0.05, 0) is 18.2 Å². The first-order valence-electron chi connectivity index (χ1n) is 5.05. The van der Waals surface area contributed by atoms with E-state index in [0.29, 0.717) is 15.6 Å². The summed E-state index contributed by atoms with van der Waals surface area (Å²) in [5.41, 5.74) is 0.658. The molecule has 96 valence electrons. The van der Waals surface area contributed by atoms with Crippen molar-refractivity contribution in [2.75, 3.05) is 0 Å². The van der Waals surface area contributed by atoms with Gasteiger partial charge in [-0.3, -0.25) is 4.79 Å². The predicted octanol–water partition coefficient (Wildman–Crippen LogP) is 5.37. The van der Waals surface area contributed by atoms with E-state index in [0.717, 1.165) is 10.2 Å². The van der Waals surface area contributed by atoms with E-state index in [4.69, 9.17) is 46.4 Å². The van der Waals surface area contributed by atoms with Crippen LogP contribution >= 0.6 is 57.7 Å². The summed E-state index contributed by atoms with van der Waals surface area (Å²) in [6.45, 7) is 0. The lowest BCUT2D eigenvalue weighted by atomic mass is 10.2. The van der Waals surface area contributed by atoms with Crippen LogP contribution in [-0.4, -0.2) is 4.98 Å².